The Hall–Kier alpha value is -6.45. The molecule has 15 nitrogen and oxygen atoms in total. The molecule has 3 aliphatic rings. The van der Waals surface area contributed by atoms with Crippen LogP contribution >= 0.6 is 0 Å². The highest BCUT2D eigenvalue weighted by Crippen LogP contribution is 2.44. The molecule has 6 aromatic rings. The molecule has 0 unspecified atom stereocenters. The maximum Gasteiger partial charge on any atom is 0.407 e. The summed E-state index contributed by atoms with van der Waals surface area (Å²) < 4.78 is 21.9. The van der Waals surface area contributed by atoms with Crippen LogP contribution in [0.3, 0.4) is 0 Å². The molecule has 2 fully saturated rings. The Labute approximate surface area is 365 Å². The van der Waals surface area contributed by atoms with Crippen LogP contribution in [0.1, 0.15) is 74.0 Å². The first-order chi connectivity index (χ1) is 30.6. The molecule has 0 saturated carbocycles. The number of fused-ring (bicyclic) bond motifs is 6. The number of hydrogen-bond donors (Lipinski definition) is 4. The Morgan fingerprint density at radius 1 is 0.905 bits per heavy atom. The second-order valence-electron chi connectivity index (χ2n) is 17.2. The predicted molar refractivity (Wildman–Crippen MR) is 238 cm³/mol. The van der Waals surface area contributed by atoms with Gasteiger partial charge in [-0.3, -0.25) is 9.69 Å². The van der Waals surface area contributed by atoms with E-state index in [1.807, 2.05) is 61.3 Å². The van der Waals surface area contributed by atoms with Crippen LogP contribution in [0.4, 0.5) is 9.59 Å². The van der Waals surface area contributed by atoms with Gasteiger partial charge in [0.15, 0.2) is 0 Å². The van der Waals surface area contributed by atoms with Crippen molar-refractivity contribution in [2.45, 2.75) is 63.9 Å². The van der Waals surface area contributed by atoms with Gasteiger partial charge in [0.1, 0.15) is 30.0 Å². The van der Waals surface area contributed by atoms with Gasteiger partial charge in [0.05, 0.1) is 61.9 Å². The molecule has 0 spiro atoms. The van der Waals surface area contributed by atoms with Crippen molar-refractivity contribution in [2.75, 3.05) is 47.6 Å². The quantitative estimate of drug-likeness (QED) is 0.0950. The number of amides is 3. The predicted octanol–water partition coefficient (Wildman–Crippen LogP) is 7.82. The Balaban J connectivity index is 0.958. The largest absolute Gasteiger partial charge is 0.488 e. The molecule has 2 saturated heterocycles. The number of hydrogen-bond acceptors (Lipinski definition) is 10. The fourth-order valence-corrected chi connectivity index (χ4v) is 9.67. The molecule has 0 aliphatic carbocycles. The van der Waals surface area contributed by atoms with E-state index in [0.29, 0.717) is 32.2 Å². The molecule has 4 aromatic carbocycles. The molecule has 63 heavy (non-hydrogen) atoms. The van der Waals surface area contributed by atoms with Crippen molar-refractivity contribution in [3.8, 4) is 28.1 Å². The van der Waals surface area contributed by atoms with Crippen molar-refractivity contribution in [1.82, 2.24) is 40.4 Å². The first kappa shape index (κ1) is 41.9. The Bertz CT molecular complexity index is 2640. The fourth-order valence-electron chi connectivity index (χ4n) is 9.67. The van der Waals surface area contributed by atoms with E-state index in [2.05, 4.69) is 61.9 Å². The smallest absolute Gasteiger partial charge is 0.407 e. The number of rotatable bonds is 12. The van der Waals surface area contributed by atoms with E-state index in [1.54, 1.807) is 7.11 Å². The summed E-state index contributed by atoms with van der Waals surface area (Å²) in [6.07, 6.45) is 3.27. The fraction of sp³-hybridized carbons (Fsp3) is 0.396. The third kappa shape index (κ3) is 8.30. The molecular weight excluding hydrogens is 801 g/mol. The Kier molecular flexibility index (Phi) is 11.8. The summed E-state index contributed by atoms with van der Waals surface area (Å²) in [5.41, 5.74) is 7.83. The average molecular weight is 855 g/mol. The zero-order valence-corrected chi connectivity index (χ0v) is 36.3. The van der Waals surface area contributed by atoms with Gasteiger partial charge in [-0.25, -0.2) is 19.6 Å². The molecule has 0 radical (unpaired) electrons. The number of likely N-dealkylation sites (tertiary alicyclic amines) is 2. The standard InChI is InChI=1S/C48H54N8O7/c1-27(2)42(54-48(59)62-5)46(57)56-17-9-12-39(56)45-50-36-16-14-30-20-35-33-15-13-31(19-32(33)26-63-41(35)21-34(30)43(36)53-45)37-22-49-44(51-37)40-18-28(25-60-3)23-55(40)24-38(52-47(58)61-4)29-10-7-6-8-11-29/h6-8,10-11,13-16,19-22,27-28,38-40,42H,9,12,17-18,23-26H2,1-5H3,(H,49,51)(H,50,53)(H,52,58)(H,54,59)/t28-,38-,39-,40-,42-/m0/s1. The molecule has 4 N–H and O–H groups in total. The molecule has 2 aromatic heterocycles. The van der Waals surface area contributed by atoms with Gasteiger partial charge in [-0.2, -0.15) is 0 Å². The van der Waals surface area contributed by atoms with Crippen LogP contribution in [-0.4, -0.2) is 101 Å². The summed E-state index contributed by atoms with van der Waals surface area (Å²) in [6, 6.07) is 23.6. The van der Waals surface area contributed by atoms with Crippen LogP contribution in [0.25, 0.3) is 44.2 Å². The van der Waals surface area contributed by atoms with E-state index >= 15 is 0 Å². The van der Waals surface area contributed by atoms with E-state index < -0.39 is 18.2 Å². The van der Waals surface area contributed by atoms with Crippen LogP contribution < -0.4 is 15.4 Å². The first-order valence-corrected chi connectivity index (χ1v) is 21.7. The minimum absolute atomic E-state index is 0.00472. The SMILES string of the molecule is COC[C@H]1C[C@@H](c2ncc(-c3ccc4c(c3)COc3cc5c(ccc6[nH]c([C@@H]7CCCN7C(=O)[C@@H](NC(=O)OC)C(C)C)nc65)cc3-4)[nH]2)N(C[C@H](NC(=O)OC)c2ccccc2)C1. The van der Waals surface area contributed by atoms with E-state index in [0.717, 1.165) is 98.5 Å². The highest BCUT2D eigenvalue weighted by atomic mass is 16.5. The zero-order valence-electron chi connectivity index (χ0n) is 36.3. The number of carbonyl (C=O) groups excluding carboxylic acids is 3. The number of aromatic nitrogens is 4. The van der Waals surface area contributed by atoms with Gasteiger partial charge in [-0.15, -0.1) is 0 Å². The van der Waals surface area contributed by atoms with Crippen molar-refractivity contribution >= 4 is 39.9 Å². The summed E-state index contributed by atoms with van der Waals surface area (Å²) in [7, 11) is 4.41. The Morgan fingerprint density at radius 2 is 1.71 bits per heavy atom. The molecule has 0 bridgehead atoms. The molecule has 3 aliphatic heterocycles. The minimum Gasteiger partial charge on any atom is -0.488 e. The highest BCUT2D eigenvalue weighted by molar-refractivity contribution is 6.07. The van der Waals surface area contributed by atoms with Crippen LogP contribution in [0.2, 0.25) is 0 Å². The molecule has 9 rings (SSSR count). The monoisotopic (exact) mass is 854 g/mol. The van der Waals surface area contributed by atoms with Crippen molar-refractivity contribution < 1.29 is 33.3 Å². The summed E-state index contributed by atoms with van der Waals surface area (Å²) in [4.78, 5) is 59.7. The number of alkyl carbamates (subject to hydrolysis) is 2. The van der Waals surface area contributed by atoms with Crippen molar-refractivity contribution in [2.24, 2.45) is 11.8 Å². The van der Waals surface area contributed by atoms with Gasteiger partial charge in [0.25, 0.3) is 0 Å². The Morgan fingerprint density at radius 3 is 2.49 bits per heavy atom. The third-order valence-corrected chi connectivity index (χ3v) is 12.8. The van der Waals surface area contributed by atoms with Gasteiger partial charge in [0.2, 0.25) is 5.91 Å². The maximum absolute atomic E-state index is 13.8. The second-order valence-corrected chi connectivity index (χ2v) is 17.2. The number of methoxy groups -OCH3 is 3. The normalized spacial score (nSPS) is 19.4. The van der Waals surface area contributed by atoms with Crippen LogP contribution in [0.15, 0.2) is 79.0 Å². The van der Waals surface area contributed by atoms with Gasteiger partial charge in [0, 0.05) is 37.7 Å². The van der Waals surface area contributed by atoms with Crippen LogP contribution in [0, 0.1) is 11.8 Å². The summed E-state index contributed by atoms with van der Waals surface area (Å²) in [5, 5.41) is 7.76. The summed E-state index contributed by atoms with van der Waals surface area (Å²) >= 11 is 0. The van der Waals surface area contributed by atoms with Crippen molar-refractivity contribution in [3.63, 3.8) is 0 Å². The number of aromatic amines is 2. The highest BCUT2D eigenvalue weighted by Gasteiger charge is 2.39. The van der Waals surface area contributed by atoms with E-state index in [1.165, 1.54) is 14.2 Å². The lowest BCUT2D eigenvalue weighted by molar-refractivity contribution is -0.135. The van der Waals surface area contributed by atoms with Crippen LogP contribution in [0.5, 0.6) is 5.75 Å². The van der Waals surface area contributed by atoms with Crippen molar-refractivity contribution in [1.29, 1.82) is 0 Å². The number of carbonyl (C=O) groups is 3. The minimum atomic E-state index is -0.705. The topological polar surface area (TPSA) is 176 Å². The first-order valence-electron chi connectivity index (χ1n) is 21.7. The molecular formula is C48H54N8O7. The van der Waals surface area contributed by atoms with E-state index in [-0.39, 0.29) is 30.0 Å². The molecule has 5 atom stereocenters. The maximum atomic E-state index is 13.8. The number of ether oxygens (including phenoxy) is 4. The lowest BCUT2D eigenvalue weighted by atomic mass is 9.92. The molecule has 5 heterocycles. The number of nitrogens with zero attached hydrogens (tertiary/aromatic N) is 4. The summed E-state index contributed by atoms with van der Waals surface area (Å²) in [5.74, 6) is 2.43. The summed E-state index contributed by atoms with van der Waals surface area (Å²) in [6.45, 7) is 6.82. The van der Waals surface area contributed by atoms with Gasteiger partial charge < -0.3 is 44.4 Å². The average Bonchev–Trinajstić information content (AvgIpc) is 4.14. The van der Waals surface area contributed by atoms with Crippen molar-refractivity contribution in [3.05, 3.63) is 102 Å². The number of benzene rings is 4. The van der Waals surface area contributed by atoms with Gasteiger partial charge in [-0.1, -0.05) is 62.4 Å². The number of H-pyrrole nitrogens is 2. The molecule has 3 amide bonds. The lowest BCUT2D eigenvalue weighted by Gasteiger charge is -2.29. The second kappa shape index (κ2) is 17.7. The number of nitrogens with one attached hydrogen (secondary N) is 4. The molecule has 15 heteroatoms. The molecule has 328 valence electrons. The number of imidazole rings is 2. The van der Waals surface area contributed by atoms with Crippen LogP contribution in [-0.2, 0) is 25.6 Å². The van der Waals surface area contributed by atoms with E-state index in [4.69, 9.17) is 28.9 Å². The van der Waals surface area contributed by atoms with Gasteiger partial charge in [-0.05, 0) is 83.0 Å². The third-order valence-electron chi connectivity index (χ3n) is 12.8. The lowest BCUT2D eigenvalue weighted by Crippen LogP contribution is -2.51. The zero-order chi connectivity index (χ0) is 43.8. The van der Waals surface area contributed by atoms with E-state index in [9.17, 15) is 14.4 Å². The van der Waals surface area contributed by atoms with Gasteiger partial charge >= 0.3 is 12.2 Å².